The highest BCUT2D eigenvalue weighted by Gasteiger charge is 2.51. The van der Waals surface area contributed by atoms with Crippen LogP contribution in [-0.2, 0) is 4.79 Å². The molecule has 2 heterocycles. The van der Waals surface area contributed by atoms with Gasteiger partial charge in [-0.2, -0.15) is 13.2 Å². The van der Waals surface area contributed by atoms with Crippen LogP contribution in [0.4, 0.5) is 13.2 Å². The molecule has 0 spiro atoms. The van der Waals surface area contributed by atoms with E-state index < -0.39 is 19.0 Å². The van der Waals surface area contributed by atoms with Gasteiger partial charge in [-0.1, -0.05) is 0 Å². The number of amides is 1. The molecule has 2 unspecified atom stereocenters. The standard InChI is InChI=1S/C12H19F3N2O/c1-11(2)9-6-16-5-8(9)7-17(11)10(18)3-4-12(13,14)15/h8-9,16H,3-7H2,1-2H3. The van der Waals surface area contributed by atoms with E-state index in [1.54, 1.807) is 4.90 Å². The van der Waals surface area contributed by atoms with Crippen molar-refractivity contribution in [2.75, 3.05) is 19.6 Å². The molecule has 104 valence electrons. The van der Waals surface area contributed by atoms with E-state index in [2.05, 4.69) is 5.32 Å². The second kappa shape index (κ2) is 4.40. The Labute approximate surface area is 105 Å². The third-order valence-electron chi connectivity index (χ3n) is 4.28. The number of carbonyl (C=O) groups is 1. The molecule has 2 saturated heterocycles. The normalized spacial score (nSPS) is 30.6. The van der Waals surface area contributed by atoms with Gasteiger partial charge in [-0.15, -0.1) is 0 Å². The molecule has 0 aromatic carbocycles. The van der Waals surface area contributed by atoms with E-state index in [1.165, 1.54) is 0 Å². The molecule has 0 aromatic rings. The first-order valence-electron chi connectivity index (χ1n) is 6.30. The van der Waals surface area contributed by atoms with Crippen LogP contribution in [0.25, 0.3) is 0 Å². The zero-order valence-corrected chi connectivity index (χ0v) is 10.7. The van der Waals surface area contributed by atoms with Gasteiger partial charge in [0.15, 0.2) is 0 Å². The highest BCUT2D eigenvalue weighted by Crippen LogP contribution is 2.41. The molecule has 2 fully saturated rings. The Hall–Kier alpha value is -0.780. The van der Waals surface area contributed by atoms with Gasteiger partial charge in [0.2, 0.25) is 5.91 Å². The van der Waals surface area contributed by atoms with Crippen LogP contribution in [0.3, 0.4) is 0 Å². The van der Waals surface area contributed by atoms with Crippen molar-refractivity contribution in [1.29, 1.82) is 0 Å². The molecule has 2 atom stereocenters. The molecule has 2 aliphatic heterocycles. The summed E-state index contributed by atoms with van der Waals surface area (Å²) < 4.78 is 36.4. The summed E-state index contributed by atoms with van der Waals surface area (Å²) in [6, 6.07) is 0. The van der Waals surface area contributed by atoms with Gasteiger partial charge in [0.1, 0.15) is 0 Å². The lowest BCUT2D eigenvalue weighted by Gasteiger charge is -2.35. The Morgan fingerprint density at radius 3 is 2.61 bits per heavy atom. The van der Waals surface area contributed by atoms with Crippen LogP contribution in [-0.4, -0.2) is 42.2 Å². The molecule has 3 nitrogen and oxygen atoms in total. The van der Waals surface area contributed by atoms with Crippen molar-refractivity contribution in [1.82, 2.24) is 10.2 Å². The number of nitrogens with one attached hydrogen (secondary N) is 1. The van der Waals surface area contributed by atoms with Crippen molar-refractivity contribution in [3.8, 4) is 0 Å². The summed E-state index contributed by atoms with van der Waals surface area (Å²) in [7, 11) is 0. The molecule has 1 amide bonds. The number of likely N-dealkylation sites (tertiary alicyclic amines) is 1. The minimum Gasteiger partial charge on any atom is -0.337 e. The number of hydrogen-bond donors (Lipinski definition) is 1. The Morgan fingerprint density at radius 1 is 1.39 bits per heavy atom. The van der Waals surface area contributed by atoms with Crippen LogP contribution in [0.2, 0.25) is 0 Å². The number of hydrogen-bond acceptors (Lipinski definition) is 2. The van der Waals surface area contributed by atoms with Crippen molar-refractivity contribution in [3.63, 3.8) is 0 Å². The number of rotatable bonds is 2. The maximum absolute atomic E-state index is 12.1. The van der Waals surface area contributed by atoms with Gasteiger partial charge in [0.05, 0.1) is 6.42 Å². The second-order valence-electron chi connectivity index (χ2n) is 5.80. The molecular weight excluding hydrogens is 245 g/mol. The number of carbonyl (C=O) groups excluding carboxylic acids is 1. The molecule has 6 heteroatoms. The van der Waals surface area contributed by atoms with Crippen LogP contribution in [0.5, 0.6) is 0 Å². The van der Waals surface area contributed by atoms with Crippen molar-refractivity contribution in [3.05, 3.63) is 0 Å². The molecule has 2 aliphatic rings. The van der Waals surface area contributed by atoms with E-state index in [0.29, 0.717) is 18.4 Å². The zero-order chi connectivity index (χ0) is 13.6. The van der Waals surface area contributed by atoms with Crippen molar-refractivity contribution in [2.24, 2.45) is 11.8 Å². The maximum Gasteiger partial charge on any atom is 0.389 e. The van der Waals surface area contributed by atoms with Gasteiger partial charge in [-0.25, -0.2) is 0 Å². The molecular formula is C12H19F3N2O. The molecule has 2 rings (SSSR count). The molecule has 0 radical (unpaired) electrons. The van der Waals surface area contributed by atoms with E-state index >= 15 is 0 Å². The van der Waals surface area contributed by atoms with Crippen LogP contribution in [0.15, 0.2) is 0 Å². The van der Waals surface area contributed by atoms with E-state index in [4.69, 9.17) is 0 Å². The molecule has 18 heavy (non-hydrogen) atoms. The highest BCUT2D eigenvalue weighted by atomic mass is 19.4. The van der Waals surface area contributed by atoms with Crippen LogP contribution < -0.4 is 5.32 Å². The Morgan fingerprint density at radius 2 is 2.06 bits per heavy atom. The van der Waals surface area contributed by atoms with Gasteiger partial charge in [-0.05, 0) is 25.7 Å². The Balaban J connectivity index is 1.99. The molecule has 0 aliphatic carbocycles. The first kappa shape index (κ1) is 13.6. The minimum atomic E-state index is -4.25. The zero-order valence-electron chi connectivity index (χ0n) is 10.7. The van der Waals surface area contributed by atoms with Gasteiger partial charge >= 0.3 is 6.18 Å². The highest BCUT2D eigenvalue weighted by molar-refractivity contribution is 5.77. The van der Waals surface area contributed by atoms with Crippen LogP contribution in [0, 0.1) is 11.8 Å². The summed E-state index contributed by atoms with van der Waals surface area (Å²) in [6.07, 6.45) is -5.71. The number of halogens is 3. The second-order valence-corrected chi connectivity index (χ2v) is 5.80. The maximum atomic E-state index is 12.1. The number of nitrogens with zero attached hydrogens (tertiary/aromatic N) is 1. The lowest BCUT2D eigenvalue weighted by molar-refractivity contribution is -0.151. The van der Waals surface area contributed by atoms with E-state index in [0.717, 1.165) is 13.1 Å². The number of alkyl halides is 3. The molecule has 1 N–H and O–H groups in total. The third kappa shape index (κ3) is 2.48. The summed E-state index contributed by atoms with van der Waals surface area (Å²) >= 11 is 0. The van der Waals surface area contributed by atoms with Gasteiger partial charge in [0.25, 0.3) is 0 Å². The smallest absolute Gasteiger partial charge is 0.337 e. The van der Waals surface area contributed by atoms with Crippen molar-refractivity contribution >= 4 is 5.91 Å². The van der Waals surface area contributed by atoms with Crippen LogP contribution in [0.1, 0.15) is 26.7 Å². The van der Waals surface area contributed by atoms with Gasteiger partial charge in [-0.3, -0.25) is 4.79 Å². The average Bonchev–Trinajstić information content (AvgIpc) is 2.77. The fourth-order valence-electron chi connectivity index (χ4n) is 3.23. The first-order valence-corrected chi connectivity index (χ1v) is 6.30. The quantitative estimate of drug-likeness (QED) is 0.824. The van der Waals surface area contributed by atoms with Gasteiger partial charge in [0, 0.05) is 31.6 Å². The SMILES string of the molecule is CC1(C)C2CNCC2CN1C(=O)CCC(F)(F)F. The van der Waals surface area contributed by atoms with Crippen LogP contribution >= 0.6 is 0 Å². The summed E-state index contributed by atoms with van der Waals surface area (Å²) in [5, 5.41) is 3.28. The summed E-state index contributed by atoms with van der Waals surface area (Å²) in [6.45, 7) is 6.20. The number of fused-ring (bicyclic) bond motifs is 1. The third-order valence-corrected chi connectivity index (χ3v) is 4.28. The van der Waals surface area contributed by atoms with Gasteiger partial charge < -0.3 is 10.2 Å². The Bertz CT molecular complexity index is 341. The lowest BCUT2D eigenvalue weighted by Crippen LogP contribution is -2.47. The Kier molecular flexibility index (Phi) is 3.34. The summed E-state index contributed by atoms with van der Waals surface area (Å²) in [5.41, 5.74) is -0.336. The van der Waals surface area contributed by atoms with E-state index in [-0.39, 0.29) is 11.4 Å². The molecule has 0 aromatic heterocycles. The minimum absolute atomic E-state index is 0.336. The predicted molar refractivity (Wildman–Crippen MR) is 60.9 cm³/mol. The monoisotopic (exact) mass is 264 g/mol. The van der Waals surface area contributed by atoms with E-state index in [9.17, 15) is 18.0 Å². The topological polar surface area (TPSA) is 32.3 Å². The fourth-order valence-corrected chi connectivity index (χ4v) is 3.23. The predicted octanol–water partition coefficient (Wildman–Crippen LogP) is 1.79. The molecule has 0 bridgehead atoms. The van der Waals surface area contributed by atoms with Crippen molar-refractivity contribution in [2.45, 2.75) is 38.4 Å². The largest absolute Gasteiger partial charge is 0.389 e. The average molecular weight is 264 g/mol. The summed E-state index contributed by atoms with van der Waals surface area (Å²) in [5.74, 6) is 0.369. The lowest BCUT2D eigenvalue weighted by atomic mass is 9.85. The first-order chi connectivity index (χ1) is 8.22. The van der Waals surface area contributed by atoms with Crippen molar-refractivity contribution < 1.29 is 18.0 Å². The molecule has 0 saturated carbocycles. The van der Waals surface area contributed by atoms with E-state index in [1.807, 2.05) is 13.8 Å². The fraction of sp³-hybridized carbons (Fsp3) is 0.917. The summed E-state index contributed by atoms with van der Waals surface area (Å²) in [4.78, 5) is 13.6.